The fourth-order valence-electron chi connectivity index (χ4n) is 3.91. The largest absolute Gasteiger partial charge is 0.385 e. The number of hydrogen-bond donors (Lipinski definition) is 2. The van der Waals surface area contributed by atoms with Crippen LogP contribution < -0.4 is 10.6 Å². The molecular weight excluding hydrogens is 362 g/mol. The number of nitrogens with one attached hydrogen (secondary N) is 2. The zero-order valence-electron chi connectivity index (χ0n) is 18.9. The Bertz CT molecular complexity index is 607. The van der Waals surface area contributed by atoms with Gasteiger partial charge in [-0.05, 0) is 49.9 Å². The van der Waals surface area contributed by atoms with Gasteiger partial charge in [0.15, 0.2) is 5.96 Å². The van der Waals surface area contributed by atoms with Gasteiger partial charge in [0.05, 0.1) is 0 Å². The van der Waals surface area contributed by atoms with Crippen LogP contribution in [0.5, 0.6) is 0 Å². The van der Waals surface area contributed by atoms with E-state index in [9.17, 15) is 0 Å². The Labute approximate surface area is 177 Å². The second-order valence-corrected chi connectivity index (χ2v) is 8.25. The van der Waals surface area contributed by atoms with Gasteiger partial charge >= 0.3 is 0 Å². The summed E-state index contributed by atoms with van der Waals surface area (Å²) in [5.41, 5.74) is 2.77. The van der Waals surface area contributed by atoms with E-state index in [1.54, 1.807) is 7.11 Å². The highest BCUT2D eigenvalue weighted by molar-refractivity contribution is 5.79. The summed E-state index contributed by atoms with van der Waals surface area (Å²) in [5, 5.41) is 6.90. The molecule has 1 aromatic rings. The van der Waals surface area contributed by atoms with Crippen molar-refractivity contribution in [2.75, 3.05) is 60.5 Å². The molecule has 6 nitrogen and oxygen atoms in total. The molecule has 1 aliphatic rings. The monoisotopic (exact) mass is 403 g/mol. The first-order valence-corrected chi connectivity index (χ1v) is 11.0. The molecule has 29 heavy (non-hydrogen) atoms. The molecule has 0 bridgehead atoms. The molecule has 1 atom stereocenters. The minimum atomic E-state index is 0.795. The number of guanidine groups is 1. The van der Waals surface area contributed by atoms with Gasteiger partial charge in [-0.3, -0.25) is 9.89 Å². The van der Waals surface area contributed by atoms with Gasteiger partial charge in [-0.1, -0.05) is 31.2 Å². The van der Waals surface area contributed by atoms with Crippen molar-refractivity contribution in [1.29, 1.82) is 0 Å². The van der Waals surface area contributed by atoms with Gasteiger partial charge in [0.1, 0.15) is 0 Å². The van der Waals surface area contributed by atoms with Crippen LogP contribution in [0, 0.1) is 5.92 Å². The van der Waals surface area contributed by atoms with Crippen molar-refractivity contribution in [1.82, 2.24) is 20.4 Å². The Morgan fingerprint density at radius 3 is 2.76 bits per heavy atom. The average Bonchev–Trinajstić information content (AvgIpc) is 2.72. The van der Waals surface area contributed by atoms with Crippen LogP contribution in [0.2, 0.25) is 0 Å². The van der Waals surface area contributed by atoms with E-state index in [4.69, 9.17) is 4.74 Å². The van der Waals surface area contributed by atoms with Crippen LogP contribution in [0.4, 0.5) is 0 Å². The van der Waals surface area contributed by atoms with Gasteiger partial charge < -0.3 is 20.3 Å². The van der Waals surface area contributed by atoms with Crippen molar-refractivity contribution in [2.45, 2.75) is 39.3 Å². The molecule has 0 radical (unpaired) electrons. The number of methoxy groups -OCH3 is 1. The van der Waals surface area contributed by atoms with Crippen LogP contribution in [0.1, 0.15) is 37.3 Å². The molecule has 1 saturated heterocycles. The van der Waals surface area contributed by atoms with Crippen molar-refractivity contribution in [3.8, 4) is 0 Å². The average molecular weight is 404 g/mol. The van der Waals surface area contributed by atoms with Gasteiger partial charge in [0, 0.05) is 60.0 Å². The number of piperidine rings is 1. The first-order valence-electron chi connectivity index (χ1n) is 11.0. The fraction of sp³-hybridized carbons (Fsp3) is 0.696. The van der Waals surface area contributed by atoms with E-state index in [0.29, 0.717) is 0 Å². The predicted molar refractivity (Wildman–Crippen MR) is 122 cm³/mol. The van der Waals surface area contributed by atoms with Gasteiger partial charge in [0.2, 0.25) is 0 Å². The molecule has 2 N–H and O–H groups in total. The molecule has 164 valence electrons. The Hall–Kier alpha value is -1.63. The lowest BCUT2D eigenvalue weighted by Crippen LogP contribution is -2.41. The molecule has 1 fully saturated rings. The number of likely N-dealkylation sites (N-methyl/N-ethyl adjacent to an activating group) is 1. The summed E-state index contributed by atoms with van der Waals surface area (Å²) in [4.78, 5) is 9.29. The normalized spacial score (nSPS) is 18.2. The topological polar surface area (TPSA) is 52.1 Å². The minimum Gasteiger partial charge on any atom is -0.385 e. The maximum atomic E-state index is 5.11. The molecular formula is C23H41N5O. The van der Waals surface area contributed by atoms with Crippen LogP contribution in [0.25, 0.3) is 0 Å². The zero-order valence-corrected chi connectivity index (χ0v) is 18.9. The minimum absolute atomic E-state index is 0.795. The molecule has 2 rings (SSSR count). The van der Waals surface area contributed by atoms with Crippen molar-refractivity contribution >= 4 is 5.96 Å². The quantitative estimate of drug-likeness (QED) is 0.338. The SMILES string of the molecule is CN=C(NCCN(C)CCCOC)NCc1ccccc1CN1CCCC(C)C1. The molecule has 0 saturated carbocycles. The molecule has 0 aliphatic carbocycles. The number of aliphatic imine (C=N–C) groups is 1. The number of likely N-dealkylation sites (tertiary alicyclic amines) is 1. The molecule has 6 heteroatoms. The van der Waals surface area contributed by atoms with Crippen LogP contribution in [0.15, 0.2) is 29.3 Å². The van der Waals surface area contributed by atoms with Crippen LogP contribution >= 0.6 is 0 Å². The molecule has 0 amide bonds. The highest BCUT2D eigenvalue weighted by Gasteiger charge is 2.17. The highest BCUT2D eigenvalue weighted by Crippen LogP contribution is 2.19. The van der Waals surface area contributed by atoms with E-state index in [2.05, 4.69) is 63.7 Å². The van der Waals surface area contributed by atoms with E-state index < -0.39 is 0 Å². The fourth-order valence-corrected chi connectivity index (χ4v) is 3.91. The van der Waals surface area contributed by atoms with Gasteiger partial charge in [-0.15, -0.1) is 0 Å². The van der Waals surface area contributed by atoms with Gasteiger partial charge in [-0.2, -0.15) is 0 Å². The van der Waals surface area contributed by atoms with Crippen molar-refractivity contribution in [3.05, 3.63) is 35.4 Å². The number of benzene rings is 1. The molecule has 0 spiro atoms. The summed E-state index contributed by atoms with van der Waals surface area (Å²) in [7, 11) is 5.73. The van der Waals surface area contributed by atoms with Crippen molar-refractivity contribution < 1.29 is 4.74 Å². The van der Waals surface area contributed by atoms with Gasteiger partial charge in [-0.25, -0.2) is 0 Å². The first kappa shape index (κ1) is 23.6. The molecule has 1 aromatic carbocycles. The summed E-state index contributed by atoms with van der Waals surface area (Å²) in [6, 6.07) is 8.78. The maximum Gasteiger partial charge on any atom is 0.191 e. The number of rotatable bonds is 11. The number of ether oxygens (including phenoxy) is 1. The summed E-state index contributed by atoms with van der Waals surface area (Å²) in [5.74, 6) is 1.67. The second-order valence-electron chi connectivity index (χ2n) is 8.25. The Morgan fingerprint density at radius 1 is 1.24 bits per heavy atom. The van der Waals surface area contributed by atoms with E-state index in [1.807, 2.05) is 7.05 Å². The Balaban J connectivity index is 1.77. The third-order valence-electron chi connectivity index (χ3n) is 5.60. The van der Waals surface area contributed by atoms with E-state index >= 15 is 0 Å². The highest BCUT2D eigenvalue weighted by atomic mass is 16.5. The zero-order chi connectivity index (χ0) is 20.9. The maximum absolute atomic E-state index is 5.11. The van der Waals surface area contributed by atoms with E-state index in [-0.39, 0.29) is 0 Å². The molecule has 1 unspecified atom stereocenters. The Morgan fingerprint density at radius 2 is 2.03 bits per heavy atom. The summed E-state index contributed by atoms with van der Waals surface area (Å²) >= 11 is 0. The summed E-state index contributed by atoms with van der Waals surface area (Å²) in [6.45, 7) is 10.3. The lowest BCUT2D eigenvalue weighted by atomic mass is 9.99. The summed E-state index contributed by atoms with van der Waals surface area (Å²) in [6.07, 6.45) is 3.74. The molecule has 1 heterocycles. The lowest BCUT2D eigenvalue weighted by Gasteiger charge is -2.31. The van der Waals surface area contributed by atoms with Crippen molar-refractivity contribution in [2.24, 2.45) is 10.9 Å². The third kappa shape index (κ3) is 9.15. The van der Waals surface area contributed by atoms with Crippen LogP contribution in [-0.4, -0.2) is 76.3 Å². The van der Waals surface area contributed by atoms with Crippen LogP contribution in [0.3, 0.4) is 0 Å². The van der Waals surface area contributed by atoms with Gasteiger partial charge in [0.25, 0.3) is 0 Å². The van der Waals surface area contributed by atoms with Crippen LogP contribution in [-0.2, 0) is 17.8 Å². The number of nitrogens with zero attached hydrogens (tertiary/aromatic N) is 3. The Kier molecular flexibility index (Phi) is 11.1. The second kappa shape index (κ2) is 13.6. The van der Waals surface area contributed by atoms with E-state index in [1.165, 1.54) is 37.1 Å². The molecule has 0 aromatic heterocycles. The lowest BCUT2D eigenvalue weighted by molar-refractivity contribution is 0.176. The predicted octanol–water partition coefficient (Wildman–Crippen LogP) is 2.55. The number of hydrogen-bond acceptors (Lipinski definition) is 4. The molecule has 1 aliphatic heterocycles. The standard InChI is InChI=1S/C23H41N5O/c1-20-9-7-14-28(18-20)19-22-11-6-5-10-21(22)17-26-23(24-2)25-12-15-27(3)13-8-16-29-4/h5-6,10-11,20H,7-9,12-19H2,1-4H3,(H2,24,25,26). The first-order chi connectivity index (χ1) is 14.1. The van der Waals surface area contributed by atoms with E-state index in [0.717, 1.165) is 57.6 Å². The third-order valence-corrected chi connectivity index (χ3v) is 5.60. The summed E-state index contributed by atoms with van der Waals surface area (Å²) < 4.78 is 5.11. The smallest absolute Gasteiger partial charge is 0.191 e. The van der Waals surface area contributed by atoms with Crippen molar-refractivity contribution in [3.63, 3.8) is 0 Å².